The van der Waals surface area contributed by atoms with Crippen molar-refractivity contribution in [1.82, 2.24) is 10.2 Å². The molecule has 1 fully saturated rings. The Bertz CT molecular complexity index is 442. The summed E-state index contributed by atoms with van der Waals surface area (Å²) in [7, 11) is 0. The van der Waals surface area contributed by atoms with Gasteiger partial charge >= 0.3 is 0 Å². The minimum absolute atomic E-state index is 0.428. The van der Waals surface area contributed by atoms with Gasteiger partial charge in [0.1, 0.15) is 5.75 Å². The van der Waals surface area contributed by atoms with Gasteiger partial charge in [0, 0.05) is 32.7 Å². The van der Waals surface area contributed by atoms with E-state index in [1.54, 1.807) is 0 Å². The van der Waals surface area contributed by atoms with Crippen LogP contribution in [0.15, 0.2) is 18.2 Å². The second-order valence-electron chi connectivity index (χ2n) is 6.29. The van der Waals surface area contributed by atoms with Crippen LogP contribution in [0.4, 0.5) is 0 Å². The van der Waals surface area contributed by atoms with Crippen LogP contribution in [0.1, 0.15) is 31.1 Å². The molecular formula is C17H28N2O2. The van der Waals surface area contributed by atoms with E-state index in [0.717, 1.165) is 49.7 Å². The fourth-order valence-electron chi connectivity index (χ4n) is 2.61. The molecule has 2 rings (SSSR count). The maximum Gasteiger partial charge on any atom is 0.119 e. The van der Waals surface area contributed by atoms with Crippen molar-refractivity contribution >= 4 is 0 Å². The molecule has 1 unspecified atom stereocenters. The summed E-state index contributed by atoms with van der Waals surface area (Å²) in [5.74, 6) is 1.41. The lowest BCUT2D eigenvalue weighted by Gasteiger charge is -2.29. The topological polar surface area (TPSA) is 44.7 Å². The third-order valence-corrected chi connectivity index (χ3v) is 3.82. The maximum absolute atomic E-state index is 10.5. The Morgan fingerprint density at radius 1 is 1.29 bits per heavy atom. The molecule has 0 bridgehead atoms. The van der Waals surface area contributed by atoms with Crippen molar-refractivity contribution < 1.29 is 9.84 Å². The Hall–Kier alpha value is -1.10. The standard InChI is InChI=1S/C17H28N2O2/c1-13(2)12-21-15-4-5-16(14(3)10-15)17(20)11-19-8-6-18-7-9-19/h4-5,10,13,17-18,20H,6-9,11-12H2,1-3H3. The summed E-state index contributed by atoms with van der Waals surface area (Å²) in [5.41, 5.74) is 2.10. The van der Waals surface area contributed by atoms with Crippen LogP contribution >= 0.6 is 0 Å². The quantitative estimate of drug-likeness (QED) is 0.841. The van der Waals surface area contributed by atoms with Gasteiger partial charge in [-0.1, -0.05) is 19.9 Å². The first-order valence-electron chi connectivity index (χ1n) is 7.90. The summed E-state index contributed by atoms with van der Waals surface area (Å²) < 4.78 is 5.73. The molecule has 4 heteroatoms. The highest BCUT2D eigenvalue weighted by molar-refractivity contribution is 5.36. The molecule has 0 spiro atoms. The van der Waals surface area contributed by atoms with Gasteiger partial charge in [0.05, 0.1) is 12.7 Å². The number of nitrogens with zero attached hydrogens (tertiary/aromatic N) is 1. The Morgan fingerprint density at radius 3 is 2.62 bits per heavy atom. The van der Waals surface area contributed by atoms with Gasteiger partial charge in [-0.2, -0.15) is 0 Å². The minimum Gasteiger partial charge on any atom is -0.493 e. The zero-order valence-electron chi connectivity index (χ0n) is 13.4. The molecule has 1 aromatic rings. The first-order chi connectivity index (χ1) is 10.1. The molecule has 1 aliphatic heterocycles. The summed E-state index contributed by atoms with van der Waals surface area (Å²) in [4.78, 5) is 2.31. The predicted octanol–water partition coefficient (Wildman–Crippen LogP) is 1.97. The molecule has 1 heterocycles. The first-order valence-corrected chi connectivity index (χ1v) is 7.90. The minimum atomic E-state index is -0.428. The molecule has 0 saturated carbocycles. The van der Waals surface area contributed by atoms with E-state index in [0.29, 0.717) is 12.5 Å². The second kappa shape index (κ2) is 7.78. The Balaban J connectivity index is 1.95. The van der Waals surface area contributed by atoms with Crippen LogP contribution in [-0.2, 0) is 0 Å². The molecular weight excluding hydrogens is 264 g/mol. The molecule has 1 saturated heterocycles. The third kappa shape index (κ3) is 4.99. The zero-order valence-corrected chi connectivity index (χ0v) is 13.4. The Labute approximate surface area is 128 Å². The first kappa shape index (κ1) is 16.3. The highest BCUT2D eigenvalue weighted by atomic mass is 16.5. The molecule has 21 heavy (non-hydrogen) atoms. The van der Waals surface area contributed by atoms with Crippen LogP contribution in [0.2, 0.25) is 0 Å². The molecule has 0 amide bonds. The smallest absolute Gasteiger partial charge is 0.119 e. The van der Waals surface area contributed by atoms with Gasteiger partial charge in [0.15, 0.2) is 0 Å². The van der Waals surface area contributed by atoms with E-state index in [4.69, 9.17) is 4.74 Å². The van der Waals surface area contributed by atoms with Crippen molar-refractivity contribution in [3.05, 3.63) is 29.3 Å². The predicted molar refractivity (Wildman–Crippen MR) is 85.8 cm³/mol. The lowest BCUT2D eigenvalue weighted by atomic mass is 10.0. The zero-order chi connectivity index (χ0) is 15.2. The summed E-state index contributed by atoms with van der Waals surface area (Å²) in [6.45, 7) is 11.8. The number of β-amino-alcohol motifs (C(OH)–C–C–N with tert-alkyl or cyclic N) is 1. The number of piperazine rings is 1. The average Bonchev–Trinajstić information content (AvgIpc) is 2.46. The van der Waals surface area contributed by atoms with Gasteiger partial charge < -0.3 is 15.2 Å². The van der Waals surface area contributed by atoms with E-state index < -0.39 is 6.10 Å². The second-order valence-corrected chi connectivity index (χ2v) is 6.29. The third-order valence-electron chi connectivity index (χ3n) is 3.82. The largest absolute Gasteiger partial charge is 0.493 e. The van der Waals surface area contributed by atoms with E-state index in [1.807, 2.05) is 25.1 Å². The number of aryl methyl sites for hydroxylation is 1. The molecule has 0 aliphatic carbocycles. The molecule has 2 N–H and O–H groups in total. The van der Waals surface area contributed by atoms with E-state index in [2.05, 4.69) is 24.1 Å². The van der Waals surface area contributed by atoms with Gasteiger partial charge in [-0.25, -0.2) is 0 Å². The molecule has 1 aromatic carbocycles. The number of hydrogen-bond donors (Lipinski definition) is 2. The molecule has 4 nitrogen and oxygen atoms in total. The number of aliphatic hydroxyl groups excluding tert-OH is 1. The summed E-state index contributed by atoms with van der Waals surface area (Å²) in [5, 5.41) is 13.8. The highest BCUT2D eigenvalue weighted by Crippen LogP contribution is 2.24. The Morgan fingerprint density at radius 2 is 2.00 bits per heavy atom. The van der Waals surface area contributed by atoms with Crippen molar-refractivity contribution in [2.45, 2.75) is 26.9 Å². The van der Waals surface area contributed by atoms with Crippen molar-refractivity contribution in [2.75, 3.05) is 39.3 Å². The number of benzene rings is 1. The average molecular weight is 292 g/mol. The van der Waals surface area contributed by atoms with E-state index in [1.165, 1.54) is 0 Å². The van der Waals surface area contributed by atoms with Gasteiger partial charge in [0.25, 0.3) is 0 Å². The van der Waals surface area contributed by atoms with E-state index in [9.17, 15) is 5.11 Å². The molecule has 118 valence electrons. The maximum atomic E-state index is 10.5. The van der Waals surface area contributed by atoms with Gasteiger partial charge in [-0.05, 0) is 36.1 Å². The fourth-order valence-corrected chi connectivity index (χ4v) is 2.61. The number of rotatable bonds is 6. The number of nitrogens with one attached hydrogen (secondary N) is 1. The van der Waals surface area contributed by atoms with Crippen LogP contribution in [0, 0.1) is 12.8 Å². The van der Waals surface area contributed by atoms with Crippen LogP contribution in [0.3, 0.4) is 0 Å². The van der Waals surface area contributed by atoms with Crippen LogP contribution < -0.4 is 10.1 Å². The van der Waals surface area contributed by atoms with E-state index >= 15 is 0 Å². The molecule has 1 atom stereocenters. The van der Waals surface area contributed by atoms with Gasteiger partial charge in [-0.15, -0.1) is 0 Å². The molecule has 0 radical (unpaired) electrons. The van der Waals surface area contributed by atoms with Crippen LogP contribution in [0.25, 0.3) is 0 Å². The summed E-state index contributed by atoms with van der Waals surface area (Å²) in [6.07, 6.45) is -0.428. The summed E-state index contributed by atoms with van der Waals surface area (Å²) >= 11 is 0. The molecule has 0 aromatic heterocycles. The van der Waals surface area contributed by atoms with Crippen molar-refractivity contribution in [1.29, 1.82) is 0 Å². The van der Waals surface area contributed by atoms with E-state index in [-0.39, 0.29) is 0 Å². The lowest BCUT2D eigenvalue weighted by Crippen LogP contribution is -2.45. The van der Waals surface area contributed by atoms with Gasteiger partial charge in [0.2, 0.25) is 0 Å². The summed E-state index contributed by atoms with van der Waals surface area (Å²) in [6, 6.07) is 5.99. The SMILES string of the molecule is Cc1cc(OCC(C)C)ccc1C(O)CN1CCNCC1. The normalized spacial score (nSPS) is 18.0. The monoisotopic (exact) mass is 292 g/mol. The van der Waals surface area contributed by atoms with Gasteiger partial charge in [-0.3, -0.25) is 4.90 Å². The lowest BCUT2D eigenvalue weighted by molar-refractivity contribution is 0.105. The van der Waals surface area contributed by atoms with Crippen LogP contribution in [-0.4, -0.2) is 49.3 Å². The Kier molecular flexibility index (Phi) is 6.03. The molecule has 1 aliphatic rings. The number of hydrogen-bond acceptors (Lipinski definition) is 4. The number of aliphatic hydroxyl groups is 1. The van der Waals surface area contributed by atoms with Crippen molar-refractivity contribution in [3.63, 3.8) is 0 Å². The van der Waals surface area contributed by atoms with Crippen molar-refractivity contribution in [2.24, 2.45) is 5.92 Å². The number of ether oxygens (including phenoxy) is 1. The highest BCUT2D eigenvalue weighted by Gasteiger charge is 2.17. The fraction of sp³-hybridized carbons (Fsp3) is 0.647. The van der Waals surface area contributed by atoms with Crippen molar-refractivity contribution in [3.8, 4) is 5.75 Å². The van der Waals surface area contributed by atoms with Crippen LogP contribution in [0.5, 0.6) is 5.75 Å².